The molecular formula is C19H37NO3S. The van der Waals surface area contributed by atoms with Crippen molar-refractivity contribution in [2.24, 2.45) is 0 Å². The van der Waals surface area contributed by atoms with Crippen molar-refractivity contribution in [1.29, 1.82) is 0 Å². The zero-order chi connectivity index (χ0) is 19.1. The molecule has 2 N–H and O–H groups in total. The molecule has 0 amide bonds. The number of rotatable bonds is 9. The Morgan fingerprint density at radius 1 is 0.958 bits per heavy atom. The molecule has 0 spiro atoms. The number of unbranched alkanes of at least 4 members (excludes halogenated alkanes) is 2. The zero-order valence-electron chi connectivity index (χ0n) is 16.3. The average Bonchev–Trinajstić information content (AvgIpc) is 2.62. The number of hydrogen-bond acceptors (Lipinski definition) is 3. The molecule has 0 bridgehead atoms. The molecule has 0 aromatic heterocycles. The largest absolute Gasteiger partial charge is 0.396 e. The molecule has 0 aliphatic rings. The summed E-state index contributed by atoms with van der Waals surface area (Å²) >= 11 is 0. The minimum Gasteiger partial charge on any atom is -0.396 e. The second-order valence-corrected chi connectivity index (χ2v) is 7.60. The molecule has 0 aliphatic heterocycles. The van der Waals surface area contributed by atoms with Gasteiger partial charge in [-0.25, -0.2) is 13.1 Å². The van der Waals surface area contributed by atoms with Crippen LogP contribution >= 0.6 is 0 Å². The van der Waals surface area contributed by atoms with Crippen LogP contribution in [0.2, 0.25) is 0 Å². The first kappa shape index (κ1) is 25.3. The highest BCUT2D eigenvalue weighted by Gasteiger charge is 2.22. The van der Waals surface area contributed by atoms with Crippen molar-refractivity contribution in [1.82, 2.24) is 4.72 Å². The quantitative estimate of drug-likeness (QED) is 0.652. The molecule has 0 saturated carbocycles. The summed E-state index contributed by atoms with van der Waals surface area (Å²) in [6, 6.07) is 9.89. The van der Waals surface area contributed by atoms with Crippen molar-refractivity contribution in [3.63, 3.8) is 0 Å². The second-order valence-electron chi connectivity index (χ2n) is 5.67. The average molecular weight is 360 g/mol. The maximum absolute atomic E-state index is 11.9. The Kier molecular flexibility index (Phi) is 15.2. The fraction of sp³-hybridized carbons (Fsp3) is 0.684. The molecule has 1 aromatic rings. The van der Waals surface area contributed by atoms with Crippen LogP contribution in [-0.2, 0) is 15.4 Å². The van der Waals surface area contributed by atoms with E-state index in [1.54, 1.807) is 0 Å². The van der Waals surface area contributed by atoms with Crippen LogP contribution in [0.3, 0.4) is 0 Å². The van der Waals surface area contributed by atoms with Gasteiger partial charge in [-0.05, 0) is 18.4 Å². The molecule has 0 heterocycles. The Hall–Kier alpha value is -0.910. The van der Waals surface area contributed by atoms with E-state index in [-0.39, 0.29) is 17.8 Å². The molecule has 0 fully saturated rings. The number of aliphatic hydroxyl groups excluding tert-OH is 1. The lowest BCUT2D eigenvalue weighted by Crippen LogP contribution is -2.37. The molecule has 142 valence electrons. The van der Waals surface area contributed by atoms with Gasteiger partial charge in [-0.3, -0.25) is 0 Å². The van der Waals surface area contributed by atoms with Gasteiger partial charge in [-0.1, -0.05) is 78.3 Å². The van der Waals surface area contributed by atoms with Crippen molar-refractivity contribution < 1.29 is 13.5 Å². The third-order valence-electron chi connectivity index (χ3n) is 3.36. The Morgan fingerprint density at radius 2 is 1.50 bits per heavy atom. The molecule has 0 atom stereocenters. The van der Waals surface area contributed by atoms with Gasteiger partial charge in [-0.15, -0.1) is 0 Å². The van der Waals surface area contributed by atoms with Crippen LogP contribution in [-0.4, -0.2) is 32.4 Å². The first-order valence-electron chi connectivity index (χ1n) is 9.01. The zero-order valence-corrected chi connectivity index (χ0v) is 17.1. The summed E-state index contributed by atoms with van der Waals surface area (Å²) in [5.41, 5.74) is 0.877. The van der Waals surface area contributed by atoms with Gasteiger partial charge in [0.15, 0.2) is 0 Å². The highest BCUT2D eigenvalue weighted by Crippen LogP contribution is 2.22. The minimum atomic E-state index is -3.23. The van der Waals surface area contributed by atoms with Crippen LogP contribution in [0, 0.1) is 0 Å². The van der Waals surface area contributed by atoms with E-state index in [4.69, 9.17) is 5.11 Å². The third-order valence-corrected chi connectivity index (χ3v) is 4.77. The van der Waals surface area contributed by atoms with E-state index >= 15 is 0 Å². The summed E-state index contributed by atoms with van der Waals surface area (Å²) < 4.78 is 26.5. The number of benzene rings is 1. The summed E-state index contributed by atoms with van der Waals surface area (Å²) in [5, 5.41) is 8.67. The lowest BCUT2D eigenvalue weighted by Gasteiger charge is -2.25. The van der Waals surface area contributed by atoms with Crippen LogP contribution in [0.1, 0.15) is 66.4 Å². The van der Waals surface area contributed by atoms with E-state index in [9.17, 15) is 8.42 Å². The summed E-state index contributed by atoms with van der Waals surface area (Å²) in [5.74, 6) is 0.123. The smallest absolute Gasteiger partial charge is 0.211 e. The van der Waals surface area contributed by atoms with E-state index in [0.29, 0.717) is 19.4 Å². The topological polar surface area (TPSA) is 66.4 Å². The van der Waals surface area contributed by atoms with Crippen molar-refractivity contribution in [3.8, 4) is 0 Å². The molecule has 0 unspecified atom stereocenters. The van der Waals surface area contributed by atoms with Crippen molar-refractivity contribution in [3.05, 3.63) is 35.9 Å². The lowest BCUT2D eigenvalue weighted by molar-refractivity contribution is 0.284. The molecular weight excluding hydrogens is 322 g/mol. The fourth-order valence-electron chi connectivity index (χ4n) is 1.93. The maximum Gasteiger partial charge on any atom is 0.211 e. The highest BCUT2D eigenvalue weighted by atomic mass is 32.2. The Balaban J connectivity index is 0. The van der Waals surface area contributed by atoms with Crippen molar-refractivity contribution >= 4 is 10.0 Å². The van der Waals surface area contributed by atoms with Crippen LogP contribution in [0.5, 0.6) is 0 Å². The lowest BCUT2D eigenvalue weighted by atomic mass is 9.85. The monoisotopic (exact) mass is 359 g/mol. The first-order valence-corrected chi connectivity index (χ1v) is 10.7. The Labute approximate surface area is 149 Å². The molecule has 5 heteroatoms. The number of nitrogens with one attached hydrogen (secondary N) is 1. The summed E-state index contributed by atoms with van der Waals surface area (Å²) in [7, 11) is -3.23. The van der Waals surface area contributed by atoms with Gasteiger partial charge in [0.2, 0.25) is 10.0 Å². The molecule has 1 rings (SSSR count). The number of sulfonamides is 1. The molecule has 4 nitrogen and oxygen atoms in total. The summed E-state index contributed by atoms with van der Waals surface area (Å²) in [6.07, 6.45) is 1.98. The van der Waals surface area contributed by atoms with E-state index < -0.39 is 10.0 Å². The van der Waals surface area contributed by atoms with Crippen LogP contribution in [0.4, 0.5) is 0 Å². The van der Waals surface area contributed by atoms with Gasteiger partial charge in [0.25, 0.3) is 0 Å². The van der Waals surface area contributed by atoms with E-state index in [1.807, 2.05) is 71.9 Å². The van der Waals surface area contributed by atoms with Crippen LogP contribution in [0.25, 0.3) is 0 Å². The summed E-state index contributed by atoms with van der Waals surface area (Å²) in [4.78, 5) is 0. The molecule has 1 aromatic carbocycles. The van der Waals surface area contributed by atoms with Gasteiger partial charge >= 0.3 is 0 Å². The van der Waals surface area contributed by atoms with E-state index in [0.717, 1.165) is 12.0 Å². The number of hydrogen-bond donors (Lipinski definition) is 2. The normalized spacial score (nSPS) is 11.0. The number of aliphatic hydroxyl groups is 1. The van der Waals surface area contributed by atoms with Gasteiger partial charge < -0.3 is 5.11 Å². The molecule has 0 aliphatic carbocycles. The Morgan fingerprint density at radius 3 is 2.00 bits per heavy atom. The van der Waals surface area contributed by atoms with Gasteiger partial charge in [0, 0.05) is 18.6 Å². The SMILES string of the molecule is CC.CC.CC(C)(CNS(=O)(=O)CCCCCO)c1ccccc1. The molecule has 0 radical (unpaired) electrons. The highest BCUT2D eigenvalue weighted by molar-refractivity contribution is 7.89. The summed E-state index contributed by atoms with van der Waals surface area (Å²) in [6.45, 7) is 12.6. The Bertz CT molecular complexity index is 485. The van der Waals surface area contributed by atoms with E-state index in [1.165, 1.54) is 0 Å². The first-order chi connectivity index (χ1) is 11.4. The van der Waals surface area contributed by atoms with Gasteiger partial charge in [-0.2, -0.15) is 0 Å². The standard InChI is InChI=1S/C15H25NO3S.2C2H6/c1-15(2,14-9-5-3-6-10-14)13-16-20(18,19)12-8-4-7-11-17;2*1-2/h3,5-6,9-10,16-17H,4,7-8,11-13H2,1-2H3;2*1-2H3. The fourth-order valence-corrected chi connectivity index (χ4v) is 3.24. The van der Waals surface area contributed by atoms with Crippen LogP contribution in [0.15, 0.2) is 30.3 Å². The predicted octanol–water partition coefficient (Wildman–Crippen LogP) is 4.10. The van der Waals surface area contributed by atoms with Gasteiger partial charge in [0.05, 0.1) is 5.75 Å². The van der Waals surface area contributed by atoms with Crippen molar-refractivity contribution in [2.75, 3.05) is 18.9 Å². The predicted molar refractivity (Wildman–Crippen MR) is 105 cm³/mol. The third kappa shape index (κ3) is 11.6. The maximum atomic E-state index is 11.9. The van der Waals surface area contributed by atoms with E-state index in [2.05, 4.69) is 4.72 Å². The van der Waals surface area contributed by atoms with Gasteiger partial charge in [0.1, 0.15) is 0 Å². The minimum absolute atomic E-state index is 0.120. The molecule has 0 saturated heterocycles. The molecule has 24 heavy (non-hydrogen) atoms. The second kappa shape index (κ2) is 14.4. The van der Waals surface area contributed by atoms with Crippen LogP contribution < -0.4 is 4.72 Å². The van der Waals surface area contributed by atoms with Crippen molar-refractivity contribution in [2.45, 2.75) is 66.2 Å².